The fraction of sp³-hybridized carbons (Fsp3) is 0. The largest absolute Gasteiger partial charge is 0.354 e. The minimum absolute atomic E-state index is 0.185. The van der Waals surface area contributed by atoms with Crippen LogP contribution in [0.5, 0.6) is 0 Å². The molecule has 4 N–H and O–H groups in total. The molecule has 17 aromatic rings. The fourth-order valence-corrected chi connectivity index (χ4v) is 18.1. The molecule has 0 unspecified atom stereocenters. The van der Waals surface area contributed by atoms with Gasteiger partial charge in [-0.2, -0.15) is 0 Å². The van der Waals surface area contributed by atoms with E-state index < -0.39 is 23.6 Å². The quantitative estimate of drug-likeness (QED) is 0.0973. The summed E-state index contributed by atoms with van der Waals surface area (Å²) < 4.78 is 0. The smallest absolute Gasteiger partial charge is 0.266 e. The number of nitrogens with zero attached hydrogens (tertiary/aromatic N) is 6. The highest BCUT2D eigenvalue weighted by atomic mass is 16.2. The first kappa shape index (κ1) is 69.0. The van der Waals surface area contributed by atoms with Crippen LogP contribution in [0.4, 0.5) is 11.4 Å². The molecular formula is C106H64N10O4. The Morgan fingerprint density at radius 3 is 0.550 bits per heavy atom. The van der Waals surface area contributed by atoms with E-state index in [-0.39, 0.29) is 33.6 Å². The third-order valence-electron chi connectivity index (χ3n) is 23.5. The van der Waals surface area contributed by atoms with Crippen molar-refractivity contribution in [1.82, 2.24) is 39.9 Å². The number of aromatic amines is 4. The number of anilines is 2. The number of carbonyl (C=O) groups excluding carboxylic acids is 4. The summed E-state index contributed by atoms with van der Waals surface area (Å²) in [6.07, 6.45) is 8.34. The van der Waals surface area contributed by atoms with Crippen LogP contribution in [0.3, 0.4) is 0 Å². The molecule has 0 saturated carbocycles. The van der Waals surface area contributed by atoms with Crippen molar-refractivity contribution in [2.45, 2.75) is 0 Å². The van der Waals surface area contributed by atoms with Gasteiger partial charge in [0, 0.05) is 111 Å². The van der Waals surface area contributed by atoms with Crippen LogP contribution in [-0.4, -0.2) is 63.5 Å². The van der Waals surface area contributed by atoms with E-state index in [1.807, 2.05) is 170 Å². The second kappa shape index (κ2) is 27.6. The molecule has 14 nitrogen and oxygen atoms in total. The normalized spacial score (nSPS) is 13.0. The molecule has 11 aromatic carbocycles. The molecule has 6 aliphatic rings. The summed E-state index contributed by atoms with van der Waals surface area (Å²) in [4.78, 5) is 103. The van der Waals surface area contributed by atoms with E-state index in [1.165, 1.54) is 9.80 Å². The summed E-state index contributed by atoms with van der Waals surface area (Å²) in [5.41, 5.74) is 29.6. The van der Waals surface area contributed by atoms with Gasteiger partial charge in [0.25, 0.3) is 23.6 Å². The van der Waals surface area contributed by atoms with Gasteiger partial charge in [-0.25, -0.2) is 29.7 Å². The molecule has 120 heavy (non-hydrogen) atoms. The van der Waals surface area contributed by atoms with Crippen LogP contribution in [0.15, 0.2) is 340 Å². The molecule has 6 aromatic heterocycles. The highest BCUT2D eigenvalue weighted by Crippen LogP contribution is 2.53. The molecule has 0 saturated heterocycles. The third-order valence-corrected chi connectivity index (χ3v) is 23.5. The minimum atomic E-state index is -0.552. The molecule has 14 heteroatoms. The fourth-order valence-electron chi connectivity index (χ4n) is 18.1. The van der Waals surface area contributed by atoms with Crippen LogP contribution >= 0.6 is 0 Å². The average Bonchev–Trinajstić information content (AvgIpc) is 1.57. The van der Waals surface area contributed by atoms with Gasteiger partial charge in [-0.1, -0.05) is 243 Å². The zero-order valence-electron chi connectivity index (χ0n) is 64.0. The molecule has 16 bridgehead atoms. The Labute approximate surface area is 686 Å². The van der Waals surface area contributed by atoms with Gasteiger partial charge >= 0.3 is 0 Å². The van der Waals surface area contributed by atoms with Crippen LogP contribution < -0.4 is 9.80 Å². The first-order valence-electron chi connectivity index (χ1n) is 39.8. The number of rotatable bonds is 10. The molecule has 12 heterocycles. The number of amides is 4. The van der Waals surface area contributed by atoms with Crippen LogP contribution in [0.25, 0.3) is 202 Å². The van der Waals surface area contributed by atoms with Crippen molar-refractivity contribution in [1.29, 1.82) is 0 Å². The molecule has 0 radical (unpaired) electrons. The average molecular weight is 1540 g/mol. The molecule has 23 rings (SSSR count). The van der Waals surface area contributed by atoms with Gasteiger partial charge in [0.1, 0.15) is 0 Å². The van der Waals surface area contributed by atoms with Gasteiger partial charge in [0.15, 0.2) is 0 Å². The van der Waals surface area contributed by atoms with Gasteiger partial charge in [0.2, 0.25) is 0 Å². The Morgan fingerprint density at radius 1 is 0.183 bits per heavy atom. The number of aromatic nitrogens is 8. The summed E-state index contributed by atoms with van der Waals surface area (Å²) in [7, 11) is 0. The summed E-state index contributed by atoms with van der Waals surface area (Å²) in [5, 5.41) is 0. The van der Waals surface area contributed by atoms with Crippen molar-refractivity contribution in [3.8, 4) is 134 Å². The van der Waals surface area contributed by atoms with E-state index in [4.69, 9.17) is 19.9 Å². The maximum Gasteiger partial charge on any atom is 0.266 e. The number of fused-ring (bicyclic) bond motifs is 24. The van der Waals surface area contributed by atoms with E-state index in [0.29, 0.717) is 45.0 Å². The van der Waals surface area contributed by atoms with Crippen molar-refractivity contribution < 1.29 is 19.2 Å². The summed E-state index contributed by atoms with van der Waals surface area (Å²) in [6.45, 7) is 0. The van der Waals surface area contributed by atoms with E-state index >= 15 is 19.2 Å². The lowest BCUT2D eigenvalue weighted by Crippen LogP contribution is -2.30. The molecule has 562 valence electrons. The van der Waals surface area contributed by atoms with Gasteiger partial charge < -0.3 is 19.9 Å². The second-order valence-electron chi connectivity index (χ2n) is 30.4. The number of benzene rings is 11. The number of carbonyl (C=O) groups is 4. The molecule has 0 spiro atoms. The van der Waals surface area contributed by atoms with Crippen LogP contribution in [-0.2, 0) is 0 Å². The molecule has 4 amide bonds. The van der Waals surface area contributed by atoms with E-state index in [1.54, 1.807) is 24.3 Å². The predicted octanol–water partition coefficient (Wildman–Crippen LogP) is 24.9. The second-order valence-corrected chi connectivity index (χ2v) is 30.4. The van der Waals surface area contributed by atoms with Crippen LogP contribution in [0, 0.1) is 0 Å². The molecule has 0 atom stereocenters. The van der Waals surface area contributed by atoms with Crippen molar-refractivity contribution in [2.24, 2.45) is 0 Å². The first-order chi connectivity index (χ1) is 59.2. The van der Waals surface area contributed by atoms with Crippen molar-refractivity contribution in [3.63, 3.8) is 0 Å². The third kappa shape index (κ3) is 11.1. The lowest BCUT2D eigenvalue weighted by Gasteiger charge is -2.17. The maximum atomic E-state index is 15.7. The number of imide groups is 2. The monoisotopic (exact) mass is 1540 g/mol. The Morgan fingerprint density at radius 2 is 0.358 bits per heavy atom. The standard InChI is InChI=1S/C106H64N10O4/c117-103-75-57-71-72(100-96(66-35-19-6-20-36-66)88-54-50-84(110-88)92(62-27-11-2-12-28-62)80-46-45-79(107-80)91(61-25-9-1-10-26-61)83-49-53-87(109-83)95(99(71)113-100)65-33-17-5-18-34-65)58-76(75)104(118)115(103)69-41-43-70(44-42-69)116-105(119)77-59-73-74(60-78(77)106(116)120)102-98(68-39-23-8-24-40-68)90-56-52-86(112-90)94(64-31-15-4-16-32-64)82-48-47-81(108-82)93(63-29-13-3-14-30-63)85-51-55-89(111-85)97(101(73)114-102)67-37-21-7-22-38-67/h1-60,109-112H. The Hall–Kier alpha value is -16.6. The highest BCUT2D eigenvalue weighted by Gasteiger charge is 2.43. The maximum absolute atomic E-state index is 15.7. The number of hydrogen-bond acceptors (Lipinski definition) is 8. The van der Waals surface area contributed by atoms with Gasteiger partial charge in [0.05, 0.1) is 79.2 Å². The lowest BCUT2D eigenvalue weighted by atomic mass is 9.92. The Bertz CT molecular complexity index is 6810. The van der Waals surface area contributed by atoms with Crippen molar-refractivity contribution in [3.05, 3.63) is 385 Å². The molecule has 0 fully saturated rings. The number of hydrogen-bond donors (Lipinski definition) is 4. The molecule has 0 aliphatic carbocycles. The topological polar surface area (TPSA) is 189 Å². The predicted molar refractivity (Wildman–Crippen MR) is 481 cm³/mol. The van der Waals surface area contributed by atoms with Crippen molar-refractivity contribution in [2.75, 3.05) is 9.80 Å². The zero-order valence-corrected chi connectivity index (χ0v) is 64.0. The Kier molecular flexibility index (Phi) is 15.9. The number of nitrogens with one attached hydrogen (secondary N) is 4. The summed E-state index contributed by atoms with van der Waals surface area (Å²) >= 11 is 0. The summed E-state index contributed by atoms with van der Waals surface area (Å²) in [5.74, 6) is -2.21. The van der Waals surface area contributed by atoms with E-state index in [9.17, 15) is 0 Å². The van der Waals surface area contributed by atoms with E-state index in [0.717, 1.165) is 156 Å². The first-order valence-corrected chi connectivity index (χ1v) is 39.8. The highest BCUT2D eigenvalue weighted by molar-refractivity contribution is 6.37. The lowest BCUT2D eigenvalue weighted by molar-refractivity contribution is 0.0909. The van der Waals surface area contributed by atoms with Crippen LogP contribution in [0.2, 0.25) is 0 Å². The Balaban J connectivity index is 0.677. The zero-order chi connectivity index (χ0) is 79.8. The molecule has 6 aliphatic heterocycles. The van der Waals surface area contributed by atoms with Gasteiger partial charge in [-0.05, 0) is 166 Å². The van der Waals surface area contributed by atoms with Crippen molar-refractivity contribution >= 4 is 103 Å². The van der Waals surface area contributed by atoms with Gasteiger partial charge in [-0.3, -0.25) is 19.2 Å². The SMILES string of the molecule is O=C1c2cc3c(cc2C(=O)N1c1ccc(N2C(=O)c4cc5c(cc4C2=O)-c2nc-5c(-c4ccccc4)c4ccc([nH]4)c(-c4ccccc4)c4nc(c(-c5ccccc5)c5ccc([nH]5)c2-c2ccccc2)C=C4)cc1)-c1nc-3c(-c2ccccc2)c2ccc([nH]2)c(-c2ccccc2)c2nc(c(-c3ccccc3)c3ccc([nH]3)c1-c1ccccc1)C=C2. The summed E-state index contributed by atoms with van der Waals surface area (Å²) in [6, 6.07) is 112. The molecular weight excluding hydrogens is 1480 g/mol. The van der Waals surface area contributed by atoms with Crippen LogP contribution in [0.1, 0.15) is 64.2 Å². The van der Waals surface area contributed by atoms with E-state index in [2.05, 4.69) is 190 Å². The minimum Gasteiger partial charge on any atom is -0.354 e. The number of H-pyrrole nitrogens is 4. The van der Waals surface area contributed by atoms with Gasteiger partial charge in [-0.15, -0.1) is 0 Å².